The summed E-state index contributed by atoms with van der Waals surface area (Å²) >= 11 is 0. The summed E-state index contributed by atoms with van der Waals surface area (Å²) in [6, 6.07) is -0.770. The third kappa shape index (κ3) is 2.98. The van der Waals surface area contributed by atoms with E-state index >= 15 is 0 Å². The average Bonchev–Trinajstić information content (AvgIpc) is 2.32. The van der Waals surface area contributed by atoms with Gasteiger partial charge in [-0.3, -0.25) is 9.59 Å². The zero-order valence-corrected chi connectivity index (χ0v) is 11.7. The second-order valence-electron chi connectivity index (χ2n) is 4.73. The van der Waals surface area contributed by atoms with E-state index in [4.69, 9.17) is 5.11 Å². The lowest BCUT2D eigenvalue weighted by molar-refractivity contribution is -0.137. The molecular formula is C11H15N3O5S. The molecule has 1 atom stereocenters. The zero-order valence-electron chi connectivity index (χ0n) is 10.9. The molecule has 0 aliphatic carbocycles. The maximum atomic E-state index is 12.0. The van der Waals surface area contributed by atoms with Crippen molar-refractivity contribution in [1.82, 2.24) is 9.55 Å². The van der Waals surface area contributed by atoms with Crippen molar-refractivity contribution in [1.29, 1.82) is 0 Å². The Hall–Kier alpha value is -1.90. The minimum atomic E-state index is -3.28. The Labute approximate surface area is 115 Å². The van der Waals surface area contributed by atoms with E-state index in [0.717, 1.165) is 0 Å². The van der Waals surface area contributed by atoms with Crippen molar-refractivity contribution in [2.45, 2.75) is 12.5 Å². The molecule has 2 heterocycles. The van der Waals surface area contributed by atoms with E-state index in [1.165, 1.54) is 21.9 Å². The van der Waals surface area contributed by atoms with Crippen LogP contribution in [-0.2, 0) is 21.7 Å². The number of hydrogen-bond acceptors (Lipinski definition) is 6. The van der Waals surface area contributed by atoms with Crippen LogP contribution in [-0.4, -0.2) is 53.1 Å². The lowest BCUT2D eigenvalue weighted by atomic mass is 10.2. The van der Waals surface area contributed by atoms with Gasteiger partial charge >= 0.3 is 5.97 Å². The smallest absolute Gasteiger partial charge is 0.305 e. The van der Waals surface area contributed by atoms with Gasteiger partial charge in [-0.15, -0.1) is 0 Å². The first-order valence-corrected chi connectivity index (χ1v) is 7.83. The fourth-order valence-corrected chi connectivity index (χ4v) is 3.74. The molecule has 1 aromatic rings. The molecular weight excluding hydrogens is 286 g/mol. The normalized spacial score (nSPS) is 21.6. The number of aliphatic carboxylic acids is 1. The number of carboxylic acid groups (broad SMARTS) is 1. The Kier molecular flexibility index (Phi) is 3.80. The third-order valence-corrected chi connectivity index (χ3v) is 4.91. The maximum absolute atomic E-state index is 12.0. The molecule has 0 bridgehead atoms. The predicted molar refractivity (Wildman–Crippen MR) is 71.5 cm³/mol. The van der Waals surface area contributed by atoms with Gasteiger partial charge in [-0.2, -0.15) is 0 Å². The molecule has 0 radical (unpaired) electrons. The first-order chi connectivity index (χ1) is 9.30. The van der Waals surface area contributed by atoms with E-state index in [-0.39, 0.29) is 35.8 Å². The number of nitrogens with zero attached hydrogens (tertiary/aromatic N) is 3. The van der Waals surface area contributed by atoms with Crippen molar-refractivity contribution in [2.75, 3.05) is 23.0 Å². The Bertz CT molecular complexity index is 682. The third-order valence-electron chi connectivity index (χ3n) is 3.21. The van der Waals surface area contributed by atoms with E-state index in [2.05, 4.69) is 4.98 Å². The number of aromatic nitrogens is 2. The highest BCUT2D eigenvalue weighted by Crippen LogP contribution is 2.19. The van der Waals surface area contributed by atoms with Gasteiger partial charge in [0.1, 0.15) is 0 Å². The van der Waals surface area contributed by atoms with Crippen LogP contribution in [0.25, 0.3) is 0 Å². The summed E-state index contributed by atoms with van der Waals surface area (Å²) in [5.74, 6) is -1.40. The molecule has 1 saturated heterocycles. The van der Waals surface area contributed by atoms with Crippen LogP contribution in [0.15, 0.2) is 17.2 Å². The molecule has 1 aliphatic rings. The fraction of sp³-hybridized carbons (Fsp3) is 0.545. The molecule has 8 nitrogen and oxygen atoms in total. The standard InChI is InChI=1S/C11H15N3O5S/c1-13-3-2-12-10(11(13)17)14-4-5-20(18,19)7-8(14)6-9(15)16/h2-3,8H,4-7H2,1H3,(H,15,16). The van der Waals surface area contributed by atoms with Gasteiger partial charge < -0.3 is 14.6 Å². The van der Waals surface area contributed by atoms with Gasteiger partial charge in [0.05, 0.1) is 24.0 Å². The van der Waals surface area contributed by atoms with Crippen molar-refractivity contribution in [3.8, 4) is 0 Å². The van der Waals surface area contributed by atoms with Crippen molar-refractivity contribution in [3.63, 3.8) is 0 Å². The van der Waals surface area contributed by atoms with Crippen LogP contribution < -0.4 is 10.5 Å². The van der Waals surface area contributed by atoms with E-state index in [9.17, 15) is 18.0 Å². The zero-order chi connectivity index (χ0) is 14.9. The number of carboxylic acids is 1. The Balaban J connectivity index is 2.40. The highest BCUT2D eigenvalue weighted by Gasteiger charge is 2.34. The van der Waals surface area contributed by atoms with Gasteiger partial charge in [-0.25, -0.2) is 13.4 Å². The second kappa shape index (κ2) is 5.23. The SMILES string of the molecule is Cn1ccnc(N2CCS(=O)(=O)CC2CC(=O)O)c1=O. The average molecular weight is 301 g/mol. The quantitative estimate of drug-likeness (QED) is 0.751. The van der Waals surface area contributed by atoms with Gasteiger partial charge in [0.25, 0.3) is 5.56 Å². The summed E-state index contributed by atoms with van der Waals surface area (Å²) in [4.78, 5) is 28.4. The van der Waals surface area contributed by atoms with Gasteiger partial charge in [-0.1, -0.05) is 0 Å². The molecule has 0 amide bonds. The molecule has 20 heavy (non-hydrogen) atoms. The maximum Gasteiger partial charge on any atom is 0.305 e. The van der Waals surface area contributed by atoms with Crippen LogP contribution in [0.4, 0.5) is 5.82 Å². The number of sulfone groups is 1. The van der Waals surface area contributed by atoms with E-state index in [1.54, 1.807) is 7.05 Å². The second-order valence-corrected chi connectivity index (χ2v) is 6.96. The molecule has 110 valence electrons. The van der Waals surface area contributed by atoms with Crippen LogP contribution in [0.2, 0.25) is 0 Å². The van der Waals surface area contributed by atoms with Crippen LogP contribution in [0, 0.1) is 0 Å². The van der Waals surface area contributed by atoms with Crippen molar-refractivity contribution in [3.05, 3.63) is 22.7 Å². The molecule has 0 spiro atoms. The molecule has 1 aromatic heterocycles. The van der Waals surface area contributed by atoms with Crippen LogP contribution in [0.3, 0.4) is 0 Å². The summed E-state index contributed by atoms with van der Waals surface area (Å²) in [5, 5.41) is 8.90. The van der Waals surface area contributed by atoms with Crippen LogP contribution in [0.5, 0.6) is 0 Å². The number of aryl methyl sites for hydroxylation is 1. The Morgan fingerprint density at radius 2 is 2.25 bits per heavy atom. The highest BCUT2D eigenvalue weighted by atomic mass is 32.2. The Morgan fingerprint density at radius 3 is 2.90 bits per heavy atom. The number of anilines is 1. The topological polar surface area (TPSA) is 110 Å². The van der Waals surface area contributed by atoms with E-state index in [1.807, 2.05) is 0 Å². The molecule has 9 heteroatoms. The van der Waals surface area contributed by atoms with Crippen molar-refractivity contribution in [2.24, 2.45) is 7.05 Å². The predicted octanol–water partition coefficient (Wildman–Crippen LogP) is -1.14. The summed E-state index contributed by atoms with van der Waals surface area (Å²) in [7, 11) is -1.73. The van der Waals surface area contributed by atoms with Gasteiger partial charge in [0, 0.05) is 26.0 Å². The largest absolute Gasteiger partial charge is 0.481 e. The summed E-state index contributed by atoms with van der Waals surface area (Å²) in [6.07, 6.45) is 2.56. The molecule has 1 fully saturated rings. The first-order valence-electron chi connectivity index (χ1n) is 6.00. The van der Waals surface area contributed by atoms with Crippen molar-refractivity contribution >= 4 is 21.6 Å². The molecule has 1 unspecified atom stereocenters. The van der Waals surface area contributed by atoms with E-state index in [0.29, 0.717) is 0 Å². The molecule has 2 rings (SSSR count). The summed E-state index contributed by atoms with van der Waals surface area (Å²) in [6.45, 7) is 0.0759. The monoisotopic (exact) mass is 301 g/mol. The summed E-state index contributed by atoms with van der Waals surface area (Å²) < 4.78 is 24.6. The van der Waals surface area contributed by atoms with Crippen LogP contribution >= 0.6 is 0 Å². The number of carbonyl (C=O) groups is 1. The highest BCUT2D eigenvalue weighted by molar-refractivity contribution is 7.91. The summed E-state index contributed by atoms with van der Waals surface area (Å²) in [5.41, 5.74) is -0.373. The lowest BCUT2D eigenvalue weighted by Crippen LogP contribution is -2.51. The van der Waals surface area contributed by atoms with Gasteiger partial charge in [-0.05, 0) is 0 Å². The minimum Gasteiger partial charge on any atom is -0.481 e. The fourth-order valence-electron chi connectivity index (χ4n) is 2.22. The van der Waals surface area contributed by atoms with E-state index < -0.39 is 21.8 Å². The lowest BCUT2D eigenvalue weighted by Gasteiger charge is -2.35. The molecule has 0 aromatic carbocycles. The molecule has 1 aliphatic heterocycles. The van der Waals surface area contributed by atoms with Crippen LogP contribution in [0.1, 0.15) is 6.42 Å². The number of rotatable bonds is 3. The molecule has 0 saturated carbocycles. The molecule has 1 N–H and O–H groups in total. The van der Waals surface area contributed by atoms with Crippen molar-refractivity contribution < 1.29 is 18.3 Å². The number of hydrogen-bond donors (Lipinski definition) is 1. The van der Waals surface area contributed by atoms with Gasteiger partial charge in [0.2, 0.25) is 0 Å². The Morgan fingerprint density at radius 1 is 1.55 bits per heavy atom. The van der Waals surface area contributed by atoms with Gasteiger partial charge in [0.15, 0.2) is 15.7 Å². The first kappa shape index (κ1) is 14.5. The minimum absolute atomic E-state index is 0.0759.